The molecule has 0 fully saturated rings. The summed E-state index contributed by atoms with van der Waals surface area (Å²) in [5.41, 5.74) is 1.61. The zero-order valence-electron chi connectivity index (χ0n) is 15.6. The van der Waals surface area contributed by atoms with Crippen LogP contribution in [0.4, 0.5) is 0 Å². The predicted octanol–water partition coefficient (Wildman–Crippen LogP) is 3.35. The van der Waals surface area contributed by atoms with E-state index in [9.17, 15) is 9.90 Å². The summed E-state index contributed by atoms with van der Waals surface area (Å²) in [5, 5.41) is 18.5. The minimum Gasteiger partial charge on any atom is -0.544 e. The number of benzene rings is 2. The van der Waals surface area contributed by atoms with Crippen LogP contribution in [0.25, 0.3) is 6.08 Å². The van der Waals surface area contributed by atoms with Crippen molar-refractivity contribution in [3.63, 3.8) is 0 Å². The Morgan fingerprint density at radius 2 is 2.03 bits per heavy atom. The van der Waals surface area contributed by atoms with Gasteiger partial charge in [-0.2, -0.15) is 0 Å². The molecule has 1 aromatic heterocycles. The van der Waals surface area contributed by atoms with E-state index in [1.54, 1.807) is 19.1 Å². The van der Waals surface area contributed by atoms with Gasteiger partial charge in [0, 0.05) is 9.38 Å². The number of rotatable bonds is 8. The van der Waals surface area contributed by atoms with Crippen LogP contribution in [0.2, 0.25) is 0 Å². The SMILES string of the molecule is COc1cc(/C=C(\Sc2n[nH]c(C)n2)C(=O)[O-])c(Br)cc1OCc1ccccc1. The number of hydrogen-bond donors (Lipinski definition) is 1. The highest BCUT2D eigenvalue weighted by molar-refractivity contribution is 9.10. The maximum Gasteiger partial charge on any atom is 0.213 e. The van der Waals surface area contributed by atoms with E-state index in [4.69, 9.17) is 9.47 Å². The second-order valence-electron chi connectivity index (χ2n) is 5.90. The Bertz CT molecular complexity index is 1040. The van der Waals surface area contributed by atoms with Crippen molar-refractivity contribution in [2.45, 2.75) is 18.7 Å². The minimum atomic E-state index is -1.33. The number of ether oxygens (including phenoxy) is 2. The van der Waals surface area contributed by atoms with E-state index in [2.05, 4.69) is 31.1 Å². The smallest absolute Gasteiger partial charge is 0.213 e. The molecule has 9 heteroatoms. The Kier molecular flexibility index (Phi) is 6.95. The lowest BCUT2D eigenvalue weighted by atomic mass is 10.2. The van der Waals surface area contributed by atoms with Crippen LogP contribution in [0.5, 0.6) is 11.5 Å². The third-order valence-electron chi connectivity index (χ3n) is 3.79. The molecule has 0 amide bonds. The second kappa shape index (κ2) is 9.62. The first kappa shape index (κ1) is 20.9. The summed E-state index contributed by atoms with van der Waals surface area (Å²) in [5.74, 6) is 0.278. The fraction of sp³-hybridized carbons (Fsp3) is 0.150. The zero-order valence-corrected chi connectivity index (χ0v) is 18.0. The minimum absolute atomic E-state index is 0.0373. The van der Waals surface area contributed by atoms with Crippen LogP contribution in [0.3, 0.4) is 0 Å². The van der Waals surface area contributed by atoms with E-state index in [-0.39, 0.29) is 4.91 Å². The van der Waals surface area contributed by atoms with Crippen LogP contribution in [-0.2, 0) is 11.4 Å². The maximum absolute atomic E-state index is 11.6. The van der Waals surface area contributed by atoms with Gasteiger partial charge in [-0.15, -0.1) is 5.10 Å². The highest BCUT2D eigenvalue weighted by Crippen LogP contribution is 2.36. The maximum atomic E-state index is 11.6. The number of aryl methyl sites for hydroxylation is 1. The van der Waals surface area contributed by atoms with Gasteiger partial charge in [-0.25, -0.2) is 4.98 Å². The molecule has 0 aliphatic carbocycles. The molecule has 0 aliphatic rings. The largest absolute Gasteiger partial charge is 0.544 e. The number of nitrogens with zero attached hydrogens (tertiary/aromatic N) is 2. The molecule has 1 heterocycles. The number of carbonyl (C=O) groups is 1. The molecule has 150 valence electrons. The second-order valence-corrected chi connectivity index (χ2v) is 7.76. The number of carbonyl (C=O) groups excluding carboxylic acids is 1. The summed E-state index contributed by atoms with van der Waals surface area (Å²) in [6.45, 7) is 2.11. The normalized spacial score (nSPS) is 11.3. The van der Waals surface area contributed by atoms with E-state index in [0.717, 1.165) is 17.3 Å². The molecule has 0 aliphatic heterocycles. The van der Waals surface area contributed by atoms with Crippen molar-refractivity contribution < 1.29 is 19.4 Å². The summed E-state index contributed by atoms with van der Waals surface area (Å²) in [6.07, 6.45) is 1.47. The van der Waals surface area contributed by atoms with E-state index >= 15 is 0 Å². The average Bonchev–Trinajstić information content (AvgIpc) is 3.12. The highest BCUT2D eigenvalue weighted by Gasteiger charge is 2.13. The van der Waals surface area contributed by atoms with Crippen LogP contribution in [0.15, 0.2) is 57.0 Å². The molecule has 0 unspecified atom stereocenters. The topological polar surface area (TPSA) is 100 Å². The Morgan fingerprint density at radius 3 is 2.66 bits per heavy atom. The van der Waals surface area contributed by atoms with Gasteiger partial charge in [-0.1, -0.05) is 46.3 Å². The molecule has 29 heavy (non-hydrogen) atoms. The summed E-state index contributed by atoms with van der Waals surface area (Å²) in [4.78, 5) is 15.6. The van der Waals surface area contributed by atoms with Crippen molar-refractivity contribution in [1.82, 2.24) is 15.2 Å². The Hall–Kier alpha value is -2.78. The Morgan fingerprint density at radius 1 is 1.28 bits per heavy atom. The highest BCUT2D eigenvalue weighted by atomic mass is 79.9. The third-order valence-corrected chi connectivity index (χ3v) is 5.34. The van der Waals surface area contributed by atoms with Gasteiger partial charge in [0.2, 0.25) is 5.16 Å². The van der Waals surface area contributed by atoms with E-state index in [0.29, 0.717) is 39.1 Å². The summed E-state index contributed by atoms with van der Waals surface area (Å²) >= 11 is 4.36. The number of nitrogens with one attached hydrogen (secondary N) is 1. The molecule has 0 spiro atoms. The summed E-state index contributed by atoms with van der Waals surface area (Å²) in [6, 6.07) is 13.2. The van der Waals surface area contributed by atoms with Crippen molar-refractivity contribution in [2.24, 2.45) is 0 Å². The Labute approximate surface area is 180 Å². The molecule has 3 rings (SSSR count). The van der Waals surface area contributed by atoms with Crippen LogP contribution in [0.1, 0.15) is 17.0 Å². The lowest BCUT2D eigenvalue weighted by Gasteiger charge is -2.14. The number of halogens is 1. The number of carboxylic acids is 1. The summed E-state index contributed by atoms with van der Waals surface area (Å²) in [7, 11) is 1.52. The van der Waals surface area contributed by atoms with Crippen molar-refractivity contribution in [1.29, 1.82) is 0 Å². The number of H-pyrrole nitrogens is 1. The van der Waals surface area contributed by atoms with Crippen LogP contribution in [0, 0.1) is 6.92 Å². The molecule has 2 aromatic carbocycles. The number of methoxy groups -OCH3 is 1. The van der Waals surface area contributed by atoms with E-state index < -0.39 is 5.97 Å². The van der Waals surface area contributed by atoms with Crippen molar-refractivity contribution >= 4 is 39.7 Å². The molecule has 3 aromatic rings. The first-order valence-electron chi connectivity index (χ1n) is 8.50. The molecule has 0 bridgehead atoms. The van der Waals surface area contributed by atoms with Gasteiger partial charge in [0.1, 0.15) is 12.4 Å². The number of thioether (sulfide) groups is 1. The standard InChI is InChI=1S/C20H18BrN3O4S/c1-12-22-20(24-23-12)29-18(19(25)26)9-14-8-16(27-2)17(10-15(14)21)28-11-13-6-4-3-5-7-13/h3-10H,11H2,1-2H3,(H,25,26)(H,22,23,24)/p-1/b18-9-. The van der Waals surface area contributed by atoms with Gasteiger partial charge in [-0.05, 0) is 48.0 Å². The van der Waals surface area contributed by atoms with Crippen molar-refractivity contribution in [3.05, 3.63) is 68.8 Å². The van der Waals surface area contributed by atoms with Gasteiger partial charge < -0.3 is 19.4 Å². The first-order chi connectivity index (χ1) is 14.0. The molecular formula is C20H17BrN3O4S-. The molecular weight excluding hydrogens is 458 g/mol. The zero-order chi connectivity index (χ0) is 20.8. The van der Waals surface area contributed by atoms with Crippen LogP contribution in [-0.4, -0.2) is 28.3 Å². The van der Waals surface area contributed by atoms with Gasteiger partial charge in [0.15, 0.2) is 11.5 Å². The first-order valence-corrected chi connectivity index (χ1v) is 10.1. The monoisotopic (exact) mass is 474 g/mol. The van der Waals surface area contributed by atoms with Crippen molar-refractivity contribution in [2.75, 3.05) is 7.11 Å². The number of aliphatic carboxylic acids is 1. The molecule has 0 atom stereocenters. The number of aromatic amines is 1. The van der Waals surface area contributed by atoms with Crippen LogP contribution < -0.4 is 14.6 Å². The van der Waals surface area contributed by atoms with Gasteiger partial charge in [0.25, 0.3) is 0 Å². The number of carboxylic acid groups (broad SMARTS) is 1. The van der Waals surface area contributed by atoms with Gasteiger partial charge in [-0.3, -0.25) is 5.10 Å². The fourth-order valence-corrected chi connectivity index (χ4v) is 3.58. The number of hydrogen-bond acceptors (Lipinski definition) is 7. The predicted molar refractivity (Wildman–Crippen MR) is 111 cm³/mol. The van der Waals surface area contributed by atoms with E-state index in [1.807, 2.05) is 30.3 Å². The van der Waals surface area contributed by atoms with E-state index in [1.165, 1.54) is 13.2 Å². The van der Waals surface area contributed by atoms with Gasteiger partial charge in [0.05, 0.1) is 13.1 Å². The van der Waals surface area contributed by atoms with Crippen LogP contribution >= 0.6 is 27.7 Å². The summed E-state index contributed by atoms with van der Waals surface area (Å²) < 4.78 is 11.9. The molecule has 0 saturated heterocycles. The molecule has 7 nitrogen and oxygen atoms in total. The quantitative estimate of drug-likeness (QED) is 0.394. The third kappa shape index (κ3) is 5.61. The fourth-order valence-electron chi connectivity index (χ4n) is 2.41. The van der Waals surface area contributed by atoms with Gasteiger partial charge >= 0.3 is 0 Å². The molecule has 0 saturated carbocycles. The lowest BCUT2D eigenvalue weighted by molar-refractivity contribution is -0.298. The number of aromatic nitrogens is 3. The Balaban J connectivity index is 1.86. The van der Waals surface area contributed by atoms with Crippen molar-refractivity contribution in [3.8, 4) is 11.5 Å². The lowest BCUT2D eigenvalue weighted by Crippen LogP contribution is -2.23. The molecule has 1 N–H and O–H groups in total. The average molecular weight is 475 g/mol. The molecule has 0 radical (unpaired) electrons.